The number of nitrogens with one attached hydrogen (secondary N) is 1. The summed E-state index contributed by atoms with van der Waals surface area (Å²) in [6.07, 6.45) is 0. The van der Waals surface area contributed by atoms with Crippen LogP contribution in [0.2, 0.25) is 0 Å². The van der Waals surface area contributed by atoms with Crippen LogP contribution in [0.25, 0.3) is 0 Å². The van der Waals surface area contributed by atoms with Gasteiger partial charge in [-0.3, -0.25) is 4.79 Å². The minimum absolute atomic E-state index is 0.134. The summed E-state index contributed by atoms with van der Waals surface area (Å²) in [7, 11) is 1.60. The van der Waals surface area contributed by atoms with Crippen molar-refractivity contribution in [3.05, 3.63) is 89.5 Å². The molecule has 1 N–H and O–H groups in total. The molecule has 3 aromatic rings. The summed E-state index contributed by atoms with van der Waals surface area (Å²) in [5.41, 5.74) is 3.64. The quantitative estimate of drug-likeness (QED) is 0.584. The van der Waals surface area contributed by atoms with Crippen LogP contribution in [0.3, 0.4) is 0 Å². The molecule has 0 heterocycles. The van der Waals surface area contributed by atoms with Crippen molar-refractivity contribution in [2.24, 2.45) is 0 Å². The molecule has 0 atom stereocenters. The second-order valence-electron chi connectivity index (χ2n) is 5.93. The maximum absolute atomic E-state index is 12.8. The Bertz CT molecular complexity index is 894. The van der Waals surface area contributed by atoms with E-state index < -0.39 is 0 Å². The topological polar surface area (TPSA) is 38.3 Å². The lowest BCUT2D eigenvalue weighted by Gasteiger charge is -2.13. The van der Waals surface area contributed by atoms with E-state index in [0.717, 1.165) is 16.2 Å². The van der Waals surface area contributed by atoms with Crippen LogP contribution in [0.5, 0.6) is 5.75 Å². The monoisotopic (exact) mass is 363 g/mol. The van der Waals surface area contributed by atoms with Crippen LogP contribution in [0.1, 0.15) is 21.5 Å². The molecule has 4 heteroatoms. The minimum atomic E-state index is -0.134. The number of amides is 1. The number of hydrogen-bond donors (Lipinski definition) is 1. The molecule has 0 aliphatic rings. The molecule has 3 rings (SSSR count). The van der Waals surface area contributed by atoms with E-state index in [1.807, 2.05) is 67.6 Å². The number of methoxy groups -OCH3 is 1. The van der Waals surface area contributed by atoms with Crippen molar-refractivity contribution in [3.63, 3.8) is 0 Å². The molecule has 0 aliphatic heterocycles. The highest BCUT2D eigenvalue weighted by Gasteiger charge is 2.14. The predicted octanol–water partition coefficient (Wildman–Crippen LogP) is 5.55. The van der Waals surface area contributed by atoms with Gasteiger partial charge in [0.25, 0.3) is 5.91 Å². The molecule has 132 valence electrons. The standard InChI is InChI=1S/C22H21NO2S/c1-16-12-13-20(25-2)19(14-16)23-22(24)18-10-6-7-11-21(18)26-15-17-8-4-3-5-9-17/h3-14H,15H2,1-2H3,(H,23,24). The zero-order chi connectivity index (χ0) is 18.4. The highest BCUT2D eigenvalue weighted by molar-refractivity contribution is 7.98. The van der Waals surface area contributed by atoms with Crippen molar-refractivity contribution in [3.8, 4) is 5.75 Å². The maximum Gasteiger partial charge on any atom is 0.256 e. The Kier molecular flexibility index (Phi) is 5.97. The van der Waals surface area contributed by atoms with Gasteiger partial charge in [-0.2, -0.15) is 0 Å². The molecule has 0 saturated heterocycles. The Morgan fingerprint density at radius 3 is 2.50 bits per heavy atom. The van der Waals surface area contributed by atoms with Gasteiger partial charge in [-0.15, -0.1) is 11.8 Å². The van der Waals surface area contributed by atoms with Crippen LogP contribution in [-0.2, 0) is 5.75 Å². The van der Waals surface area contributed by atoms with Gasteiger partial charge < -0.3 is 10.1 Å². The molecule has 0 fully saturated rings. The zero-order valence-electron chi connectivity index (χ0n) is 14.9. The van der Waals surface area contributed by atoms with Gasteiger partial charge in [0.05, 0.1) is 18.4 Å². The van der Waals surface area contributed by atoms with E-state index in [4.69, 9.17) is 4.74 Å². The van der Waals surface area contributed by atoms with Crippen LogP contribution < -0.4 is 10.1 Å². The van der Waals surface area contributed by atoms with E-state index >= 15 is 0 Å². The van der Waals surface area contributed by atoms with Gasteiger partial charge in [-0.1, -0.05) is 48.5 Å². The van der Waals surface area contributed by atoms with Crippen molar-refractivity contribution < 1.29 is 9.53 Å². The molecule has 0 aromatic heterocycles. The average Bonchev–Trinajstić information content (AvgIpc) is 2.67. The van der Waals surface area contributed by atoms with E-state index in [-0.39, 0.29) is 5.91 Å². The van der Waals surface area contributed by atoms with Crippen molar-refractivity contribution >= 4 is 23.4 Å². The maximum atomic E-state index is 12.8. The third-order valence-electron chi connectivity index (χ3n) is 3.97. The van der Waals surface area contributed by atoms with E-state index in [1.54, 1.807) is 18.9 Å². The third-order valence-corrected chi connectivity index (χ3v) is 5.12. The molecule has 3 nitrogen and oxygen atoms in total. The Morgan fingerprint density at radius 1 is 1.00 bits per heavy atom. The van der Waals surface area contributed by atoms with Crippen LogP contribution in [0.4, 0.5) is 5.69 Å². The average molecular weight is 363 g/mol. The fraction of sp³-hybridized carbons (Fsp3) is 0.136. The summed E-state index contributed by atoms with van der Waals surface area (Å²) in [6, 6.07) is 23.6. The highest BCUT2D eigenvalue weighted by atomic mass is 32.2. The minimum Gasteiger partial charge on any atom is -0.495 e. The first-order valence-electron chi connectivity index (χ1n) is 8.39. The number of benzene rings is 3. The van der Waals surface area contributed by atoms with Gasteiger partial charge >= 0.3 is 0 Å². The molecule has 0 radical (unpaired) electrons. The second-order valence-corrected chi connectivity index (χ2v) is 6.95. The number of carbonyl (C=O) groups is 1. The Hall–Kier alpha value is -2.72. The van der Waals surface area contributed by atoms with Crippen LogP contribution in [0.15, 0.2) is 77.7 Å². The van der Waals surface area contributed by atoms with E-state index in [1.165, 1.54) is 5.56 Å². The molecule has 3 aromatic carbocycles. The number of aryl methyl sites for hydroxylation is 1. The second kappa shape index (κ2) is 8.59. The molecular weight excluding hydrogens is 342 g/mol. The molecule has 0 saturated carbocycles. The molecule has 0 aliphatic carbocycles. The number of rotatable bonds is 6. The number of hydrogen-bond acceptors (Lipinski definition) is 3. The molecule has 0 unspecified atom stereocenters. The lowest BCUT2D eigenvalue weighted by molar-refractivity contribution is 0.102. The fourth-order valence-electron chi connectivity index (χ4n) is 2.62. The van der Waals surface area contributed by atoms with E-state index in [2.05, 4.69) is 17.4 Å². The van der Waals surface area contributed by atoms with Crippen LogP contribution in [0, 0.1) is 6.92 Å². The fourth-order valence-corrected chi connectivity index (χ4v) is 3.63. The van der Waals surface area contributed by atoms with Crippen molar-refractivity contribution in [2.75, 3.05) is 12.4 Å². The molecule has 0 bridgehead atoms. The molecule has 1 amide bonds. The lowest BCUT2D eigenvalue weighted by Crippen LogP contribution is -2.13. The van der Waals surface area contributed by atoms with Gasteiger partial charge in [-0.25, -0.2) is 0 Å². The van der Waals surface area contributed by atoms with Gasteiger partial charge in [0.15, 0.2) is 0 Å². The number of anilines is 1. The summed E-state index contributed by atoms with van der Waals surface area (Å²) >= 11 is 1.66. The summed E-state index contributed by atoms with van der Waals surface area (Å²) in [5.74, 6) is 1.34. The predicted molar refractivity (Wildman–Crippen MR) is 108 cm³/mol. The van der Waals surface area contributed by atoms with E-state index in [0.29, 0.717) is 17.0 Å². The highest BCUT2D eigenvalue weighted by Crippen LogP contribution is 2.29. The van der Waals surface area contributed by atoms with Gasteiger partial charge in [0.1, 0.15) is 5.75 Å². The smallest absolute Gasteiger partial charge is 0.256 e. The largest absolute Gasteiger partial charge is 0.495 e. The Labute approximate surface area is 158 Å². The van der Waals surface area contributed by atoms with Crippen molar-refractivity contribution in [2.45, 2.75) is 17.6 Å². The summed E-state index contributed by atoms with van der Waals surface area (Å²) in [5, 5.41) is 2.98. The summed E-state index contributed by atoms with van der Waals surface area (Å²) < 4.78 is 5.35. The normalized spacial score (nSPS) is 10.4. The Balaban J connectivity index is 1.79. The van der Waals surface area contributed by atoms with E-state index in [9.17, 15) is 4.79 Å². The number of ether oxygens (including phenoxy) is 1. The summed E-state index contributed by atoms with van der Waals surface area (Å²) in [4.78, 5) is 13.8. The third kappa shape index (κ3) is 4.46. The first-order valence-corrected chi connectivity index (χ1v) is 9.37. The zero-order valence-corrected chi connectivity index (χ0v) is 15.7. The van der Waals surface area contributed by atoms with Gasteiger partial charge in [0.2, 0.25) is 0 Å². The molecule has 26 heavy (non-hydrogen) atoms. The van der Waals surface area contributed by atoms with Crippen molar-refractivity contribution in [1.82, 2.24) is 0 Å². The molecular formula is C22H21NO2S. The van der Waals surface area contributed by atoms with Gasteiger partial charge in [0, 0.05) is 10.6 Å². The first-order chi connectivity index (χ1) is 12.7. The number of thioether (sulfide) groups is 1. The van der Waals surface area contributed by atoms with Crippen LogP contribution >= 0.6 is 11.8 Å². The Morgan fingerprint density at radius 2 is 1.73 bits per heavy atom. The van der Waals surface area contributed by atoms with Crippen molar-refractivity contribution in [1.29, 1.82) is 0 Å². The van der Waals surface area contributed by atoms with Gasteiger partial charge in [-0.05, 0) is 42.3 Å². The number of carbonyl (C=O) groups excluding carboxylic acids is 1. The SMILES string of the molecule is COc1ccc(C)cc1NC(=O)c1ccccc1SCc1ccccc1. The molecule has 0 spiro atoms. The van der Waals surface area contributed by atoms with Crippen LogP contribution in [-0.4, -0.2) is 13.0 Å². The lowest BCUT2D eigenvalue weighted by atomic mass is 10.1. The first kappa shape index (κ1) is 18.1. The summed E-state index contributed by atoms with van der Waals surface area (Å²) in [6.45, 7) is 1.98.